The number of carbonyl (C=O) groups excluding carboxylic acids is 2. The first-order valence-electron chi connectivity index (χ1n) is 12.8. The molecule has 0 saturated heterocycles. The summed E-state index contributed by atoms with van der Waals surface area (Å²) in [7, 11) is 0. The zero-order valence-corrected chi connectivity index (χ0v) is 22.2. The van der Waals surface area contributed by atoms with Crippen LogP contribution in [-0.2, 0) is 4.79 Å². The summed E-state index contributed by atoms with van der Waals surface area (Å²) in [5.41, 5.74) is 4.07. The quantitative estimate of drug-likeness (QED) is 0.252. The predicted molar refractivity (Wildman–Crippen MR) is 149 cm³/mol. The number of nitrogens with one attached hydrogen (secondary N) is 2. The van der Waals surface area contributed by atoms with E-state index in [1.54, 1.807) is 4.68 Å². The highest BCUT2D eigenvalue weighted by Gasteiger charge is 2.23. The van der Waals surface area contributed by atoms with E-state index in [1.165, 1.54) is 4.90 Å². The van der Waals surface area contributed by atoms with Gasteiger partial charge in [0.2, 0.25) is 5.91 Å². The summed E-state index contributed by atoms with van der Waals surface area (Å²) in [4.78, 5) is 27.7. The molecule has 0 aliphatic carbocycles. The molecule has 3 amide bonds. The third-order valence-electron chi connectivity index (χ3n) is 6.24. The number of urea groups is 1. The van der Waals surface area contributed by atoms with E-state index in [0.717, 1.165) is 46.6 Å². The topological polar surface area (TPSA) is 79.3 Å². The van der Waals surface area contributed by atoms with Gasteiger partial charge in [-0.25, -0.2) is 18.3 Å². The molecule has 0 atom stereocenters. The van der Waals surface area contributed by atoms with E-state index in [9.17, 15) is 18.4 Å². The molecular formula is C30H31F2N5O2. The lowest BCUT2D eigenvalue weighted by Crippen LogP contribution is -2.41. The molecule has 0 unspecified atom stereocenters. The van der Waals surface area contributed by atoms with Gasteiger partial charge >= 0.3 is 6.03 Å². The van der Waals surface area contributed by atoms with Crippen LogP contribution in [0.15, 0.2) is 72.8 Å². The average Bonchev–Trinajstić information content (AvgIpc) is 3.24. The largest absolute Gasteiger partial charge is 0.322 e. The first-order valence-corrected chi connectivity index (χ1v) is 12.8. The van der Waals surface area contributed by atoms with Crippen LogP contribution in [0.2, 0.25) is 0 Å². The highest BCUT2D eigenvalue weighted by atomic mass is 19.1. The maximum Gasteiger partial charge on any atom is 0.322 e. The number of amides is 3. The molecule has 4 rings (SSSR count). The normalized spacial score (nSPS) is 10.8. The number of nitrogens with zero attached hydrogens (tertiary/aromatic N) is 3. The standard InChI is InChI=1S/C30H31F2N5O2/c1-4-5-17-36(30(39)33-26-16-13-23(31)18-25(26)32)19-27(38)34-29-28(22-9-7-6-8-10-22)21(3)35-37(29)24-14-11-20(2)12-15-24/h6-16,18H,4-5,17,19H2,1-3H3,(H,33,39)(H,34,38). The first kappa shape index (κ1) is 27.5. The highest BCUT2D eigenvalue weighted by Crippen LogP contribution is 2.33. The van der Waals surface area contributed by atoms with Crippen LogP contribution in [0.25, 0.3) is 16.8 Å². The number of unbranched alkanes of at least 4 members (excludes halogenated alkanes) is 1. The van der Waals surface area contributed by atoms with E-state index in [4.69, 9.17) is 5.10 Å². The van der Waals surface area contributed by atoms with E-state index >= 15 is 0 Å². The molecule has 0 fully saturated rings. The Labute approximate surface area is 226 Å². The molecule has 0 bridgehead atoms. The Morgan fingerprint density at radius 2 is 1.67 bits per heavy atom. The second-order valence-corrected chi connectivity index (χ2v) is 9.30. The van der Waals surface area contributed by atoms with Crippen LogP contribution in [0.3, 0.4) is 0 Å². The van der Waals surface area contributed by atoms with Gasteiger partial charge in [-0.3, -0.25) is 4.79 Å². The summed E-state index contributed by atoms with van der Waals surface area (Å²) in [6.45, 7) is 5.83. The van der Waals surface area contributed by atoms with Gasteiger partial charge in [0.25, 0.3) is 0 Å². The fourth-order valence-corrected chi connectivity index (χ4v) is 4.20. The van der Waals surface area contributed by atoms with Crippen LogP contribution in [0.1, 0.15) is 31.0 Å². The van der Waals surface area contributed by atoms with Gasteiger partial charge in [-0.05, 0) is 50.1 Å². The number of aryl methyl sites for hydroxylation is 2. The Hall–Kier alpha value is -4.53. The molecule has 0 aliphatic rings. The average molecular weight is 532 g/mol. The van der Waals surface area contributed by atoms with Crippen molar-refractivity contribution in [3.63, 3.8) is 0 Å². The molecule has 1 heterocycles. The van der Waals surface area contributed by atoms with Crippen molar-refractivity contribution in [2.75, 3.05) is 23.7 Å². The molecule has 202 valence electrons. The van der Waals surface area contributed by atoms with Gasteiger partial charge in [0.15, 0.2) is 0 Å². The number of aromatic nitrogens is 2. The zero-order chi connectivity index (χ0) is 27.9. The molecule has 1 aromatic heterocycles. The Bertz CT molecular complexity index is 1450. The second-order valence-electron chi connectivity index (χ2n) is 9.30. The van der Waals surface area contributed by atoms with Gasteiger partial charge in [-0.1, -0.05) is 61.4 Å². The van der Waals surface area contributed by atoms with Gasteiger partial charge in [-0.15, -0.1) is 0 Å². The minimum absolute atomic E-state index is 0.164. The molecule has 7 nitrogen and oxygen atoms in total. The lowest BCUT2D eigenvalue weighted by molar-refractivity contribution is -0.116. The second kappa shape index (κ2) is 12.3. The molecule has 0 aliphatic heterocycles. The number of hydrogen-bond donors (Lipinski definition) is 2. The maximum absolute atomic E-state index is 14.2. The number of hydrogen-bond acceptors (Lipinski definition) is 3. The summed E-state index contributed by atoms with van der Waals surface area (Å²) in [6.07, 6.45) is 1.43. The van der Waals surface area contributed by atoms with Crippen molar-refractivity contribution < 1.29 is 18.4 Å². The Balaban J connectivity index is 1.62. The molecule has 9 heteroatoms. The summed E-state index contributed by atoms with van der Waals surface area (Å²) in [6, 6.07) is 19.6. The van der Waals surface area contributed by atoms with Crippen LogP contribution in [0.4, 0.5) is 25.1 Å². The lowest BCUT2D eigenvalue weighted by atomic mass is 10.1. The van der Waals surface area contributed by atoms with E-state index in [2.05, 4.69) is 10.6 Å². The number of halogens is 2. The SMILES string of the molecule is CCCCN(CC(=O)Nc1c(-c2ccccc2)c(C)nn1-c1ccc(C)cc1)C(=O)Nc1ccc(F)cc1F. The summed E-state index contributed by atoms with van der Waals surface area (Å²) >= 11 is 0. The maximum atomic E-state index is 14.2. The highest BCUT2D eigenvalue weighted by molar-refractivity contribution is 5.99. The molecule has 2 N–H and O–H groups in total. The minimum atomic E-state index is -0.895. The number of benzene rings is 3. The minimum Gasteiger partial charge on any atom is -0.315 e. The number of anilines is 2. The Morgan fingerprint density at radius 1 is 0.949 bits per heavy atom. The van der Waals surface area contributed by atoms with E-state index in [1.807, 2.05) is 75.4 Å². The van der Waals surface area contributed by atoms with Crippen LogP contribution < -0.4 is 10.6 Å². The van der Waals surface area contributed by atoms with Gasteiger partial charge in [0.1, 0.15) is 24.0 Å². The van der Waals surface area contributed by atoms with Gasteiger partial charge in [0.05, 0.1) is 17.1 Å². The third kappa shape index (κ3) is 6.67. The molecule has 0 spiro atoms. The van der Waals surface area contributed by atoms with Crippen LogP contribution >= 0.6 is 0 Å². The van der Waals surface area contributed by atoms with E-state index in [-0.39, 0.29) is 18.8 Å². The molecular weight excluding hydrogens is 500 g/mol. The summed E-state index contributed by atoms with van der Waals surface area (Å²) in [5.74, 6) is -1.60. The van der Waals surface area contributed by atoms with Gasteiger partial charge in [0, 0.05) is 18.2 Å². The monoisotopic (exact) mass is 531 g/mol. The van der Waals surface area contributed by atoms with Gasteiger partial charge in [-0.2, -0.15) is 5.10 Å². The number of carbonyl (C=O) groups is 2. The van der Waals surface area contributed by atoms with Crippen LogP contribution in [0, 0.1) is 25.5 Å². The lowest BCUT2D eigenvalue weighted by Gasteiger charge is -2.23. The molecule has 39 heavy (non-hydrogen) atoms. The van der Waals surface area contributed by atoms with E-state index in [0.29, 0.717) is 18.3 Å². The molecule has 0 radical (unpaired) electrons. The Morgan fingerprint density at radius 3 is 2.33 bits per heavy atom. The Kier molecular flexibility index (Phi) is 8.70. The predicted octanol–water partition coefficient (Wildman–Crippen LogP) is 6.71. The van der Waals surface area contributed by atoms with Gasteiger partial charge < -0.3 is 15.5 Å². The number of rotatable bonds is 9. The van der Waals surface area contributed by atoms with Crippen molar-refractivity contribution >= 4 is 23.4 Å². The molecule has 4 aromatic rings. The summed E-state index contributed by atoms with van der Waals surface area (Å²) < 4.78 is 29.1. The molecule has 3 aromatic carbocycles. The van der Waals surface area contributed by atoms with Crippen molar-refractivity contribution in [1.29, 1.82) is 0 Å². The van der Waals surface area contributed by atoms with Crippen LogP contribution in [0.5, 0.6) is 0 Å². The van der Waals surface area contributed by atoms with Crippen molar-refractivity contribution in [2.24, 2.45) is 0 Å². The van der Waals surface area contributed by atoms with Crippen molar-refractivity contribution in [3.05, 3.63) is 95.7 Å². The van der Waals surface area contributed by atoms with Crippen molar-refractivity contribution in [1.82, 2.24) is 14.7 Å². The van der Waals surface area contributed by atoms with E-state index < -0.39 is 23.6 Å². The van der Waals surface area contributed by atoms with Crippen molar-refractivity contribution in [3.8, 4) is 16.8 Å². The third-order valence-corrected chi connectivity index (χ3v) is 6.24. The fraction of sp³-hybridized carbons (Fsp3) is 0.233. The fourth-order valence-electron chi connectivity index (χ4n) is 4.20. The first-order chi connectivity index (χ1) is 18.8. The smallest absolute Gasteiger partial charge is 0.315 e. The van der Waals surface area contributed by atoms with Crippen molar-refractivity contribution in [2.45, 2.75) is 33.6 Å². The molecule has 0 saturated carbocycles. The zero-order valence-electron chi connectivity index (χ0n) is 22.2. The van der Waals surface area contributed by atoms with Crippen LogP contribution in [-0.4, -0.2) is 39.7 Å². The summed E-state index contributed by atoms with van der Waals surface area (Å²) in [5, 5.41) is 10.1.